The van der Waals surface area contributed by atoms with Crippen molar-refractivity contribution in [1.82, 2.24) is 10.3 Å². The van der Waals surface area contributed by atoms with E-state index in [0.717, 1.165) is 0 Å². The largest absolute Gasteiger partial charge is 0.439 e. The molecule has 5 heteroatoms. The van der Waals surface area contributed by atoms with Crippen molar-refractivity contribution in [3.05, 3.63) is 40.6 Å². The van der Waals surface area contributed by atoms with Crippen LogP contribution < -0.4 is 5.32 Å². The molecule has 0 bridgehead atoms. The van der Waals surface area contributed by atoms with Gasteiger partial charge in [-0.25, -0.2) is 9.37 Å². The van der Waals surface area contributed by atoms with Gasteiger partial charge in [0.1, 0.15) is 5.82 Å². The highest BCUT2D eigenvalue weighted by atomic mass is 79.9. The summed E-state index contributed by atoms with van der Waals surface area (Å²) < 4.78 is 19.6. The van der Waals surface area contributed by atoms with Crippen molar-refractivity contribution in [3.63, 3.8) is 0 Å². The van der Waals surface area contributed by atoms with Crippen LogP contribution in [0, 0.1) is 5.82 Å². The zero-order valence-electron chi connectivity index (χ0n) is 11.1. The Morgan fingerprint density at radius 3 is 2.68 bits per heavy atom. The van der Waals surface area contributed by atoms with Crippen LogP contribution in [0.2, 0.25) is 0 Å². The lowest BCUT2D eigenvalue weighted by Crippen LogP contribution is -2.35. The van der Waals surface area contributed by atoms with Crippen LogP contribution in [-0.4, -0.2) is 10.5 Å². The molecule has 0 saturated carbocycles. The summed E-state index contributed by atoms with van der Waals surface area (Å²) in [6, 6.07) is 4.62. The number of halogens is 2. The first kappa shape index (κ1) is 14.2. The molecule has 0 aliphatic carbocycles. The van der Waals surface area contributed by atoms with E-state index in [-0.39, 0.29) is 11.4 Å². The Morgan fingerprint density at radius 1 is 1.32 bits per heavy atom. The zero-order chi connectivity index (χ0) is 14.0. The van der Waals surface area contributed by atoms with Crippen LogP contribution in [0.3, 0.4) is 0 Å². The summed E-state index contributed by atoms with van der Waals surface area (Å²) in [7, 11) is 0. The van der Waals surface area contributed by atoms with E-state index < -0.39 is 0 Å². The van der Waals surface area contributed by atoms with Gasteiger partial charge in [0, 0.05) is 15.6 Å². The van der Waals surface area contributed by atoms with Gasteiger partial charge >= 0.3 is 0 Å². The Labute approximate surface area is 120 Å². The molecule has 2 rings (SSSR count). The summed E-state index contributed by atoms with van der Waals surface area (Å²) in [6.07, 6.45) is 1.61. The third-order valence-electron chi connectivity index (χ3n) is 2.47. The van der Waals surface area contributed by atoms with Crippen LogP contribution in [-0.2, 0) is 6.54 Å². The molecule has 0 spiro atoms. The molecule has 1 aromatic carbocycles. The topological polar surface area (TPSA) is 38.1 Å². The fourth-order valence-electron chi connectivity index (χ4n) is 1.56. The molecule has 0 amide bonds. The maximum Gasteiger partial charge on any atom is 0.208 e. The predicted molar refractivity (Wildman–Crippen MR) is 76.2 cm³/mol. The van der Waals surface area contributed by atoms with E-state index in [1.54, 1.807) is 12.3 Å². The first-order valence-electron chi connectivity index (χ1n) is 6.00. The average Bonchev–Trinajstić information content (AvgIpc) is 2.72. The summed E-state index contributed by atoms with van der Waals surface area (Å²) in [6.45, 7) is 6.75. The molecule has 0 unspecified atom stereocenters. The van der Waals surface area contributed by atoms with E-state index in [1.165, 1.54) is 12.1 Å². The number of hydrogen-bond acceptors (Lipinski definition) is 3. The maximum atomic E-state index is 13.3. The Kier molecular flexibility index (Phi) is 4.06. The average molecular weight is 327 g/mol. The minimum atomic E-state index is -0.310. The molecule has 0 saturated heterocycles. The van der Waals surface area contributed by atoms with Gasteiger partial charge in [-0.15, -0.1) is 0 Å². The summed E-state index contributed by atoms with van der Waals surface area (Å²) >= 11 is 3.26. The summed E-state index contributed by atoms with van der Waals surface area (Å²) in [5, 5.41) is 3.29. The second-order valence-electron chi connectivity index (χ2n) is 5.38. The van der Waals surface area contributed by atoms with Crippen molar-refractivity contribution >= 4 is 15.9 Å². The fraction of sp³-hybridized carbons (Fsp3) is 0.357. The number of nitrogens with one attached hydrogen (secondary N) is 1. The predicted octanol–water partition coefficient (Wildman–Crippen LogP) is 4.13. The van der Waals surface area contributed by atoms with Gasteiger partial charge < -0.3 is 9.73 Å². The standard InChI is InChI=1S/C14H16BrFN2O/c1-14(2,3)18-8-13-17-7-12(19-13)9-4-10(15)6-11(16)5-9/h4-7,18H,8H2,1-3H3. The van der Waals surface area contributed by atoms with Crippen molar-refractivity contribution in [2.75, 3.05) is 0 Å². The highest BCUT2D eigenvalue weighted by Crippen LogP contribution is 2.25. The van der Waals surface area contributed by atoms with Gasteiger partial charge in [-0.1, -0.05) is 15.9 Å². The van der Waals surface area contributed by atoms with Gasteiger partial charge in [-0.3, -0.25) is 0 Å². The highest BCUT2D eigenvalue weighted by Gasteiger charge is 2.12. The molecule has 0 aliphatic rings. The van der Waals surface area contributed by atoms with Crippen molar-refractivity contribution in [2.24, 2.45) is 0 Å². The number of aromatic nitrogens is 1. The normalized spacial score (nSPS) is 11.8. The van der Waals surface area contributed by atoms with Crippen LogP contribution in [0.5, 0.6) is 0 Å². The second-order valence-corrected chi connectivity index (χ2v) is 6.30. The molecule has 0 fully saturated rings. The first-order chi connectivity index (χ1) is 8.83. The van der Waals surface area contributed by atoms with E-state index in [2.05, 4.69) is 47.0 Å². The van der Waals surface area contributed by atoms with Crippen LogP contribution >= 0.6 is 15.9 Å². The van der Waals surface area contributed by atoms with E-state index in [9.17, 15) is 4.39 Å². The van der Waals surface area contributed by atoms with Crippen molar-refractivity contribution in [2.45, 2.75) is 32.9 Å². The molecule has 19 heavy (non-hydrogen) atoms. The smallest absolute Gasteiger partial charge is 0.208 e. The quantitative estimate of drug-likeness (QED) is 0.921. The van der Waals surface area contributed by atoms with E-state index in [0.29, 0.717) is 28.2 Å². The number of nitrogens with zero attached hydrogens (tertiary/aromatic N) is 1. The Balaban J connectivity index is 2.16. The molecule has 3 nitrogen and oxygen atoms in total. The van der Waals surface area contributed by atoms with Gasteiger partial charge in [0.2, 0.25) is 5.89 Å². The second kappa shape index (κ2) is 5.43. The van der Waals surface area contributed by atoms with Gasteiger partial charge in [0.05, 0.1) is 12.7 Å². The van der Waals surface area contributed by atoms with E-state index in [1.807, 2.05) is 0 Å². The van der Waals surface area contributed by atoms with E-state index in [4.69, 9.17) is 4.42 Å². The third kappa shape index (κ3) is 4.14. The molecular formula is C14H16BrFN2O. The fourth-order valence-corrected chi connectivity index (χ4v) is 2.03. The minimum absolute atomic E-state index is 0.00346. The Hall–Kier alpha value is -1.20. The molecule has 0 radical (unpaired) electrons. The third-order valence-corrected chi connectivity index (χ3v) is 2.93. The van der Waals surface area contributed by atoms with Crippen molar-refractivity contribution in [1.29, 1.82) is 0 Å². The molecule has 1 aromatic heterocycles. The van der Waals surface area contributed by atoms with Gasteiger partial charge in [0.25, 0.3) is 0 Å². The Bertz CT molecular complexity index is 555. The van der Waals surface area contributed by atoms with Crippen LogP contribution in [0.25, 0.3) is 11.3 Å². The minimum Gasteiger partial charge on any atom is -0.439 e. The lowest BCUT2D eigenvalue weighted by molar-refractivity contribution is 0.383. The lowest BCUT2D eigenvalue weighted by Gasteiger charge is -2.18. The van der Waals surface area contributed by atoms with Gasteiger partial charge in [-0.2, -0.15) is 0 Å². The molecular weight excluding hydrogens is 311 g/mol. The van der Waals surface area contributed by atoms with Crippen LogP contribution in [0.4, 0.5) is 4.39 Å². The SMILES string of the molecule is CC(C)(C)NCc1ncc(-c2cc(F)cc(Br)c2)o1. The Morgan fingerprint density at radius 2 is 2.05 bits per heavy atom. The summed E-state index contributed by atoms with van der Waals surface area (Å²) in [5.41, 5.74) is 0.664. The molecule has 1 N–H and O–H groups in total. The molecule has 0 atom stereocenters. The van der Waals surface area contributed by atoms with Crippen LogP contribution in [0.15, 0.2) is 33.3 Å². The summed E-state index contributed by atoms with van der Waals surface area (Å²) in [4.78, 5) is 4.19. The lowest BCUT2D eigenvalue weighted by atomic mass is 10.1. The number of oxazole rings is 1. The van der Waals surface area contributed by atoms with Crippen molar-refractivity contribution in [3.8, 4) is 11.3 Å². The van der Waals surface area contributed by atoms with Crippen molar-refractivity contribution < 1.29 is 8.81 Å². The first-order valence-corrected chi connectivity index (χ1v) is 6.79. The number of benzene rings is 1. The van der Waals surface area contributed by atoms with Gasteiger partial charge in [-0.05, 0) is 39.0 Å². The number of hydrogen-bond donors (Lipinski definition) is 1. The highest BCUT2D eigenvalue weighted by molar-refractivity contribution is 9.10. The molecule has 2 aromatic rings. The summed E-state index contributed by atoms with van der Waals surface area (Å²) in [5.74, 6) is 0.839. The maximum absolute atomic E-state index is 13.3. The molecule has 1 heterocycles. The van der Waals surface area contributed by atoms with Gasteiger partial charge in [0.15, 0.2) is 5.76 Å². The number of rotatable bonds is 3. The van der Waals surface area contributed by atoms with E-state index >= 15 is 0 Å². The zero-order valence-corrected chi connectivity index (χ0v) is 12.7. The van der Waals surface area contributed by atoms with Crippen LogP contribution in [0.1, 0.15) is 26.7 Å². The monoisotopic (exact) mass is 326 g/mol. The molecule has 0 aliphatic heterocycles. The molecule has 102 valence electrons.